The molecule has 0 aliphatic carbocycles. The van der Waals surface area contributed by atoms with E-state index in [4.69, 9.17) is 5.73 Å². The molecule has 0 aromatic carbocycles. The molecule has 5 heteroatoms. The van der Waals surface area contributed by atoms with Gasteiger partial charge in [-0.3, -0.25) is 9.59 Å². The summed E-state index contributed by atoms with van der Waals surface area (Å²) >= 11 is 0. The molecule has 0 rings (SSSR count). The van der Waals surface area contributed by atoms with Crippen LogP contribution in [-0.4, -0.2) is 30.9 Å². The Balaban J connectivity index is 4.61. The van der Waals surface area contributed by atoms with Crippen molar-refractivity contribution in [1.82, 2.24) is 10.6 Å². The first-order chi connectivity index (χ1) is 8.33. The third-order valence-corrected chi connectivity index (χ3v) is 3.19. The molecule has 0 saturated heterocycles. The number of carbonyl (C=O) groups excluding carboxylic acids is 2. The summed E-state index contributed by atoms with van der Waals surface area (Å²) in [4.78, 5) is 23.4. The molecular formula is C13H27N3O2. The second-order valence-corrected chi connectivity index (χ2v) is 5.24. The highest BCUT2D eigenvalue weighted by molar-refractivity contribution is 5.89. The Hall–Kier alpha value is -1.10. The van der Waals surface area contributed by atoms with Gasteiger partial charge in [0.1, 0.15) is 6.04 Å². The highest BCUT2D eigenvalue weighted by atomic mass is 16.2. The normalized spacial score (nSPS) is 16.1. The Morgan fingerprint density at radius 2 is 1.78 bits per heavy atom. The molecule has 0 spiro atoms. The molecule has 0 unspecified atom stereocenters. The topological polar surface area (TPSA) is 84.2 Å². The van der Waals surface area contributed by atoms with Gasteiger partial charge < -0.3 is 16.4 Å². The van der Waals surface area contributed by atoms with Crippen LogP contribution in [0.2, 0.25) is 0 Å². The number of primary amides is 1. The number of hydrogen-bond acceptors (Lipinski definition) is 3. The summed E-state index contributed by atoms with van der Waals surface area (Å²) in [5.74, 6) is -0.181. The van der Waals surface area contributed by atoms with Crippen LogP contribution in [0.4, 0.5) is 0 Å². The quantitative estimate of drug-likeness (QED) is 0.596. The molecule has 2 amide bonds. The third kappa shape index (κ3) is 5.49. The van der Waals surface area contributed by atoms with Gasteiger partial charge >= 0.3 is 0 Å². The zero-order chi connectivity index (χ0) is 14.3. The van der Waals surface area contributed by atoms with Crippen molar-refractivity contribution < 1.29 is 9.59 Å². The summed E-state index contributed by atoms with van der Waals surface area (Å²) in [6.45, 7) is 7.98. The number of carbonyl (C=O) groups is 2. The van der Waals surface area contributed by atoms with Gasteiger partial charge in [0.15, 0.2) is 0 Å². The summed E-state index contributed by atoms with van der Waals surface area (Å²) in [7, 11) is 1.75. The van der Waals surface area contributed by atoms with Crippen LogP contribution in [0, 0.1) is 11.8 Å². The Morgan fingerprint density at radius 1 is 1.22 bits per heavy atom. The Labute approximate surface area is 110 Å². The maximum Gasteiger partial charge on any atom is 0.240 e. The molecule has 4 N–H and O–H groups in total. The zero-order valence-electron chi connectivity index (χ0n) is 12.1. The van der Waals surface area contributed by atoms with E-state index in [1.165, 1.54) is 0 Å². The lowest BCUT2D eigenvalue weighted by Crippen LogP contribution is -2.53. The molecule has 5 nitrogen and oxygen atoms in total. The second kappa shape index (κ2) is 8.08. The van der Waals surface area contributed by atoms with Crippen LogP contribution >= 0.6 is 0 Å². The fourth-order valence-electron chi connectivity index (χ4n) is 1.81. The van der Waals surface area contributed by atoms with E-state index < -0.39 is 11.9 Å². The van der Waals surface area contributed by atoms with Crippen LogP contribution in [0.3, 0.4) is 0 Å². The van der Waals surface area contributed by atoms with Crippen LogP contribution in [0.1, 0.15) is 40.5 Å². The van der Waals surface area contributed by atoms with E-state index in [2.05, 4.69) is 24.5 Å². The molecule has 0 saturated carbocycles. The second-order valence-electron chi connectivity index (χ2n) is 5.24. The third-order valence-electron chi connectivity index (χ3n) is 3.19. The first kappa shape index (κ1) is 16.9. The van der Waals surface area contributed by atoms with Gasteiger partial charge in [-0.2, -0.15) is 0 Å². The van der Waals surface area contributed by atoms with Crippen LogP contribution < -0.4 is 16.4 Å². The van der Waals surface area contributed by atoms with Crippen molar-refractivity contribution in [3.63, 3.8) is 0 Å². The van der Waals surface area contributed by atoms with Gasteiger partial charge in [0.05, 0.1) is 6.04 Å². The van der Waals surface area contributed by atoms with Crippen molar-refractivity contribution in [2.75, 3.05) is 7.05 Å². The van der Waals surface area contributed by atoms with Crippen LogP contribution in [0.25, 0.3) is 0 Å². The number of rotatable bonds is 8. The van der Waals surface area contributed by atoms with Crippen LogP contribution in [0.15, 0.2) is 0 Å². The molecule has 0 radical (unpaired) electrons. The van der Waals surface area contributed by atoms with E-state index in [1.54, 1.807) is 7.05 Å². The standard InChI is InChI=1S/C13H27N3O2/c1-6-9(4)11(12(14)17)16-13(18)10(15-5)7-8(2)3/h8-11,15H,6-7H2,1-5H3,(H2,14,17)(H,16,18)/t9-,10-,11-/m0/s1. The van der Waals surface area contributed by atoms with Gasteiger partial charge in [-0.1, -0.05) is 34.1 Å². The van der Waals surface area contributed by atoms with Gasteiger partial charge in [0.2, 0.25) is 11.8 Å². The maximum atomic E-state index is 12.1. The molecule has 0 aliphatic rings. The molecule has 0 fully saturated rings. The lowest BCUT2D eigenvalue weighted by molar-refractivity contribution is -0.129. The van der Waals surface area contributed by atoms with E-state index >= 15 is 0 Å². The SMILES string of the molecule is CC[C@H](C)[C@H](NC(=O)[C@H](CC(C)C)NC)C(N)=O. The fraction of sp³-hybridized carbons (Fsp3) is 0.846. The van der Waals surface area contributed by atoms with Crippen molar-refractivity contribution in [1.29, 1.82) is 0 Å². The van der Waals surface area contributed by atoms with Crippen molar-refractivity contribution in [3.8, 4) is 0 Å². The lowest BCUT2D eigenvalue weighted by Gasteiger charge is -2.25. The molecule has 0 heterocycles. The molecule has 3 atom stereocenters. The number of hydrogen-bond donors (Lipinski definition) is 3. The Kier molecular flexibility index (Phi) is 7.59. The largest absolute Gasteiger partial charge is 0.368 e. The molecule has 18 heavy (non-hydrogen) atoms. The van der Waals surface area contributed by atoms with Crippen molar-refractivity contribution >= 4 is 11.8 Å². The van der Waals surface area contributed by atoms with E-state index in [1.807, 2.05) is 13.8 Å². The number of nitrogens with two attached hydrogens (primary N) is 1. The van der Waals surface area contributed by atoms with Crippen molar-refractivity contribution in [2.24, 2.45) is 17.6 Å². The van der Waals surface area contributed by atoms with E-state index in [0.717, 1.165) is 12.8 Å². The molecule has 0 bridgehead atoms. The van der Waals surface area contributed by atoms with Gasteiger partial charge in [0, 0.05) is 0 Å². The highest BCUT2D eigenvalue weighted by Crippen LogP contribution is 2.09. The Bertz CT molecular complexity index is 279. The molecule has 106 valence electrons. The first-order valence-electron chi connectivity index (χ1n) is 6.60. The Morgan fingerprint density at radius 3 is 2.11 bits per heavy atom. The summed E-state index contributed by atoms with van der Waals surface area (Å²) in [6, 6.07) is -0.874. The van der Waals surface area contributed by atoms with Gasteiger partial charge in [-0.05, 0) is 25.3 Å². The maximum absolute atomic E-state index is 12.1. The van der Waals surface area contributed by atoms with Crippen molar-refractivity contribution in [2.45, 2.75) is 52.6 Å². The summed E-state index contributed by atoms with van der Waals surface area (Å²) < 4.78 is 0. The van der Waals surface area contributed by atoms with E-state index in [9.17, 15) is 9.59 Å². The van der Waals surface area contributed by atoms with E-state index in [-0.39, 0.29) is 17.9 Å². The minimum absolute atomic E-state index is 0.0445. The van der Waals surface area contributed by atoms with Gasteiger partial charge in [-0.25, -0.2) is 0 Å². The van der Waals surface area contributed by atoms with Gasteiger partial charge in [-0.15, -0.1) is 0 Å². The predicted octanol–water partition coefficient (Wildman–Crippen LogP) is 0.637. The smallest absolute Gasteiger partial charge is 0.240 e. The highest BCUT2D eigenvalue weighted by Gasteiger charge is 2.27. The molecular weight excluding hydrogens is 230 g/mol. The predicted molar refractivity (Wildman–Crippen MR) is 72.9 cm³/mol. The zero-order valence-corrected chi connectivity index (χ0v) is 12.1. The first-order valence-corrected chi connectivity index (χ1v) is 6.60. The fourth-order valence-corrected chi connectivity index (χ4v) is 1.81. The van der Waals surface area contributed by atoms with E-state index in [0.29, 0.717) is 5.92 Å². The van der Waals surface area contributed by atoms with Gasteiger partial charge in [0.25, 0.3) is 0 Å². The number of nitrogens with one attached hydrogen (secondary N) is 2. The van der Waals surface area contributed by atoms with Crippen LogP contribution in [-0.2, 0) is 9.59 Å². The molecule has 0 aliphatic heterocycles. The minimum atomic E-state index is -0.592. The summed E-state index contributed by atoms with van der Waals surface area (Å²) in [6.07, 6.45) is 1.52. The molecule has 0 aromatic rings. The lowest BCUT2D eigenvalue weighted by atomic mass is 9.97. The monoisotopic (exact) mass is 257 g/mol. The molecule has 0 aromatic heterocycles. The minimum Gasteiger partial charge on any atom is -0.368 e. The average molecular weight is 257 g/mol. The number of amides is 2. The van der Waals surface area contributed by atoms with Crippen LogP contribution in [0.5, 0.6) is 0 Å². The van der Waals surface area contributed by atoms with Crippen molar-refractivity contribution in [3.05, 3.63) is 0 Å². The summed E-state index contributed by atoms with van der Waals surface area (Å²) in [5, 5.41) is 5.72. The number of likely N-dealkylation sites (N-methyl/N-ethyl adjacent to an activating group) is 1. The average Bonchev–Trinajstić information content (AvgIpc) is 2.30. The summed E-state index contributed by atoms with van der Waals surface area (Å²) in [5.41, 5.74) is 5.33.